The number of anilines is 2. The van der Waals surface area contributed by atoms with E-state index in [1.807, 2.05) is 11.4 Å². The zero-order valence-corrected chi connectivity index (χ0v) is 21.1. The van der Waals surface area contributed by atoms with E-state index in [1.54, 1.807) is 30.3 Å². The minimum atomic E-state index is -0.964. The summed E-state index contributed by atoms with van der Waals surface area (Å²) in [4.78, 5) is 31.5. The van der Waals surface area contributed by atoms with Gasteiger partial charge in [0.2, 0.25) is 0 Å². The number of carbonyl (C=O) groups is 2. The largest absolute Gasteiger partial charge is 0.494 e. The number of esters is 1. The lowest BCUT2D eigenvalue weighted by atomic mass is 10.1. The van der Waals surface area contributed by atoms with Crippen molar-refractivity contribution >= 4 is 57.0 Å². The van der Waals surface area contributed by atoms with Gasteiger partial charge >= 0.3 is 11.9 Å². The lowest BCUT2D eigenvalue weighted by Gasteiger charge is -2.19. The fourth-order valence-corrected chi connectivity index (χ4v) is 5.11. The Bertz CT molecular complexity index is 1050. The van der Waals surface area contributed by atoms with Crippen molar-refractivity contribution in [3.8, 4) is 16.3 Å². The maximum atomic E-state index is 12.8. The highest BCUT2D eigenvalue weighted by molar-refractivity contribution is 7.20. The Hall–Kier alpha value is -2.42. The van der Waals surface area contributed by atoms with Crippen LogP contribution in [0.5, 0.6) is 5.75 Å². The Morgan fingerprint density at radius 1 is 1.03 bits per heavy atom. The molecular formula is C24H27ClN2O4S2. The number of ether oxygens (including phenoxy) is 2. The second-order valence-electron chi connectivity index (χ2n) is 7.36. The van der Waals surface area contributed by atoms with Crippen molar-refractivity contribution in [2.45, 2.75) is 45.4 Å². The van der Waals surface area contributed by atoms with Crippen molar-refractivity contribution in [3.05, 3.63) is 46.1 Å². The number of rotatable bonds is 11. The molecular weight excluding hydrogens is 480 g/mol. The molecule has 3 rings (SSSR count). The van der Waals surface area contributed by atoms with E-state index in [1.165, 1.54) is 60.4 Å². The molecule has 2 heterocycles. The number of halogens is 1. The van der Waals surface area contributed by atoms with Crippen molar-refractivity contribution in [3.63, 3.8) is 0 Å². The van der Waals surface area contributed by atoms with E-state index in [0.29, 0.717) is 33.2 Å². The van der Waals surface area contributed by atoms with E-state index in [-0.39, 0.29) is 0 Å². The van der Waals surface area contributed by atoms with E-state index in [2.05, 4.69) is 16.6 Å². The summed E-state index contributed by atoms with van der Waals surface area (Å²) < 4.78 is 11.1. The summed E-state index contributed by atoms with van der Waals surface area (Å²) in [5, 5.41) is 2.19. The average Bonchev–Trinajstić information content (AvgIpc) is 3.48. The zero-order valence-electron chi connectivity index (χ0n) is 18.7. The fraction of sp³-hybridized carbons (Fsp3) is 0.375. The van der Waals surface area contributed by atoms with Crippen LogP contribution in [0.4, 0.5) is 10.8 Å². The van der Waals surface area contributed by atoms with Crippen molar-refractivity contribution in [1.82, 2.24) is 4.98 Å². The summed E-state index contributed by atoms with van der Waals surface area (Å²) in [5.41, 5.74) is 1.19. The summed E-state index contributed by atoms with van der Waals surface area (Å²) in [7, 11) is 1.18. The molecule has 0 aliphatic heterocycles. The van der Waals surface area contributed by atoms with Crippen molar-refractivity contribution in [2.24, 2.45) is 0 Å². The van der Waals surface area contributed by atoms with Gasteiger partial charge in [0.25, 0.3) is 0 Å². The van der Waals surface area contributed by atoms with Crippen LogP contribution in [0.2, 0.25) is 4.34 Å². The lowest BCUT2D eigenvalue weighted by Crippen LogP contribution is -2.33. The maximum Gasteiger partial charge on any atom is 0.397 e. The smallest absolute Gasteiger partial charge is 0.397 e. The molecule has 176 valence electrons. The molecule has 0 saturated carbocycles. The molecule has 1 amide bonds. The molecule has 1 aromatic carbocycles. The highest BCUT2D eigenvalue weighted by atomic mass is 35.5. The van der Waals surface area contributed by atoms with Crippen LogP contribution in [0.25, 0.3) is 10.6 Å². The van der Waals surface area contributed by atoms with E-state index in [4.69, 9.17) is 16.3 Å². The lowest BCUT2D eigenvalue weighted by molar-refractivity contribution is -0.151. The summed E-state index contributed by atoms with van der Waals surface area (Å²) >= 11 is 8.69. The Morgan fingerprint density at radius 2 is 1.76 bits per heavy atom. The van der Waals surface area contributed by atoms with E-state index >= 15 is 0 Å². The Balaban J connectivity index is 1.71. The molecule has 0 N–H and O–H groups in total. The molecule has 0 atom stereocenters. The third-order valence-electron chi connectivity index (χ3n) is 4.93. The number of benzene rings is 1. The van der Waals surface area contributed by atoms with Crippen molar-refractivity contribution < 1.29 is 19.1 Å². The first-order valence-corrected chi connectivity index (χ1v) is 13.0. The number of nitrogens with zero attached hydrogens (tertiary/aromatic N) is 2. The van der Waals surface area contributed by atoms with Crippen LogP contribution < -0.4 is 9.64 Å². The highest BCUT2D eigenvalue weighted by Crippen LogP contribution is 2.36. The number of hydrogen-bond acceptors (Lipinski definition) is 7. The van der Waals surface area contributed by atoms with E-state index in [9.17, 15) is 9.59 Å². The molecule has 0 fully saturated rings. The number of thiophene rings is 1. The molecule has 3 aromatic rings. The Kier molecular flexibility index (Phi) is 9.72. The fourth-order valence-electron chi connectivity index (χ4n) is 3.19. The molecule has 0 bridgehead atoms. The number of hydrogen-bond donors (Lipinski definition) is 0. The minimum Gasteiger partial charge on any atom is -0.494 e. The third kappa shape index (κ3) is 7.03. The topological polar surface area (TPSA) is 68.7 Å². The number of unbranched alkanes of at least 4 members (excludes halogenated alkanes) is 5. The quantitative estimate of drug-likeness (QED) is 0.157. The summed E-state index contributed by atoms with van der Waals surface area (Å²) in [6.07, 6.45) is 7.18. The second kappa shape index (κ2) is 12.7. The molecule has 0 spiro atoms. The normalized spacial score (nSPS) is 10.8. The molecule has 0 saturated heterocycles. The predicted octanol–water partition coefficient (Wildman–Crippen LogP) is 7.10. The van der Waals surface area contributed by atoms with Crippen LogP contribution in [-0.2, 0) is 14.3 Å². The average molecular weight is 507 g/mol. The van der Waals surface area contributed by atoms with Crippen LogP contribution in [-0.4, -0.2) is 30.6 Å². The highest BCUT2D eigenvalue weighted by Gasteiger charge is 2.28. The monoisotopic (exact) mass is 506 g/mol. The molecule has 0 aliphatic carbocycles. The zero-order chi connectivity index (χ0) is 23.6. The van der Waals surface area contributed by atoms with Gasteiger partial charge < -0.3 is 9.47 Å². The SMILES string of the molecule is CCCCCCCCOc1ccc(N(C(=O)C(=O)OC)c2nc(-c3ccc(Cl)s3)cs2)cc1. The maximum absolute atomic E-state index is 12.8. The van der Waals surface area contributed by atoms with Crippen molar-refractivity contribution in [2.75, 3.05) is 18.6 Å². The van der Waals surface area contributed by atoms with Gasteiger partial charge in [0.05, 0.1) is 34.3 Å². The van der Waals surface area contributed by atoms with Crippen LogP contribution in [0.1, 0.15) is 45.4 Å². The molecule has 2 aromatic heterocycles. The molecule has 9 heteroatoms. The van der Waals surface area contributed by atoms with Crippen LogP contribution >= 0.6 is 34.3 Å². The summed E-state index contributed by atoms with van der Waals surface area (Å²) in [6, 6.07) is 10.7. The molecule has 0 radical (unpaired) electrons. The van der Waals surface area contributed by atoms with Gasteiger partial charge in [0, 0.05) is 5.38 Å². The summed E-state index contributed by atoms with van der Waals surface area (Å²) in [5.74, 6) is -1.07. The molecule has 33 heavy (non-hydrogen) atoms. The standard InChI is InChI=1S/C24H27ClN2O4S2/c1-3-4-5-6-7-8-15-31-18-11-9-17(10-12-18)27(22(28)23(29)30-2)24-26-19(16-32-24)20-13-14-21(25)33-20/h9-14,16H,3-8,15H2,1-2H3. The van der Waals surface area contributed by atoms with Crippen LogP contribution in [0, 0.1) is 0 Å². The minimum absolute atomic E-state index is 0.366. The first kappa shape index (κ1) is 25.2. The third-order valence-corrected chi connectivity index (χ3v) is 7.01. The predicted molar refractivity (Wildman–Crippen MR) is 135 cm³/mol. The van der Waals surface area contributed by atoms with Gasteiger partial charge in [0.1, 0.15) is 5.75 Å². The van der Waals surface area contributed by atoms with Gasteiger partial charge in [-0.15, -0.1) is 22.7 Å². The first-order chi connectivity index (χ1) is 16.0. The second-order valence-corrected chi connectivity index (χ2v) is 9.91. The molecule has 6 nitrogen and oxygen atoms in total. The van der Waals surface area contributed by atoms with Gasteiger partial charge in [0.15, 0.2) is 5.13 Å². The van der Waals surface area contributed by atoms with Crippen LogP contribution in [0.15, 0.2) is 41.8 Å². The molecule has 0 unspecified atom stereocenters. The van der Waals surface area contributed by atoms with Gasteiger partial charge in [-0.2, -0.15) is 0 Å². The number of aromatic nitrogens is 1. The molecule has 0 aliphatic rings. The van der Waals surface area contributed by atoms with Gasteiger partial charge in [-0.25, -0.2) is 14.7 Å². The number of carbonyl (C=O) groups excluding carboxylic acids is 2. The Labute approximate surface area is 207 Å². The van der Waals surface area contributed by atoms with E-state index in [0.717, 1.165) is 17.7 Å². The van der Waals surface area contributed by atoms with Gasteiger partial charge in [-0.05, 0) is 42.8 Å². The van der Waals surface area contributed by atoms with Gasteiger partial charge in [-0.1, -0.05) is 50.6 Å². The van der Waals surface area contributed by atoms with Gasteiger partial charge in [-0.3, -0.25) is 4.79 Å². The first-order valence-electron chi connectivity index (χ1n) is 10.9. The van der Waals surface area contributed by atoms with Crippen molar-refractivity contribution in [1.29, 1.82) is 0 Å². The van der Waals surface area contributed by atoms with Crippen LogP contribution in [0.3, 0.4) is 0 Å². The number of amides is 1. The Morgan fingerprint density at radius 3 is 2.42 bits per heavy atom. The van der Waals surface area contributed by atoms with E-state index < -0.39 is 11.9 Å². The summed E-state index contributed by atoms with van der Waals surface area (Å²) in [6.45, 7) is 2.86. The number of methoxy groups -OCH3 is 1. The number of thiazole rings is 1.